The molecule has 78 valence electrons. The zero-order valence-electron chi connectivity index (χ0n) is 7.62. The van der Waals surface area contributed by atoms with Crippen LogP contribution in [0, 0.1) is 6.92 Å². The minimum atomic E-state index is -1.31. The molecule has 7 nitrogen and oxygen atoms in total. The number of hydrogen-bond donors (Lipinski definition) is 4. The highest BCUT2D eigenvalue weighted by molar-refractivity contribution is 5.20. The van der Waals surface area contributed by atoms with Crippen LogP contribution >= 0.6 is 0 Å². The van der Waals surface area contributed by atoms with Crippen molar-refractivity contribution in [2.45, 2.75) is 19.1 Å². The fraction of sp³-hybridized carbons (Fsp3) is 0.571. The summed E-state index contributed by atoms with van der Waals surface area (Å²) < 4.78 is 0. The Labute approximate surface area is 80.2 Å². The molecule has 0 aliphatic heterocycles. The fourth-order valence-corrected chi connectivity index (χ4v) is 0.984. The van der Waals surface area contributed by atoms with E-state index in [0.717, 1.165) is 0 Å². The van der Waals surface area contributed by atoms with Crippen molar-refractivity contribution in [3.63, 3.8) is 0 Å². The summed E-state index contributed by atoms with van der Waals surface area (Å²) in [5.41, 5.74) is 5.74. The van der Waals surface area contributed by atoms with Crippen molar-refractivity contribution in [2.75, 3.05) is 12.3 Å². The van der Waals surface area contributed by atoms with Gasteiger partial charge in [-0.1, -0.05) is 0 Å². The molecule has 0 saturated heterocycles. The molecule has 0 amide bonds. The SMILES string of the molecule is Cc1nc(N)nnc1C(O)C(O)CO. The molecule has 0 aliphatic carbocycles. The van der Waals surface area contributed by atoms with Gasteiger partial charge >= 0.3 is 0 Å². The average Bonchev–Trinajstić information content (AvgIpc) is 2.15. The molecule has 0 fully saturated rings. The van der Waals surface area contributed by atoms with Crippen molar-refractivity contribution in [2.24, 2.45) is 0 Å². The van der Waals surface area contributed by atoms with Crippen molar-refractivity contribution in [1.82, 2.24) is 15.2 Å². The number of rotatable bonds is 3. The van der Waals surface area contributed by atoms with Gasteiger partial charge < -0.3 is 21.1 Å². The van der Waals surface area contributed by atoms with Crippen molar-refractivity contribution in [3.05, 3.63) is 11.4 Å². The van der Waals surface area contributed by atoms with Gasteiger partial charge in [0.25, 0.3) is 0 Å². The van der Waals surface area contributed by atoms with Gasteiger partial charge in [0, 0.05) is 0 Å². The largest absolute Gasteiger partial charge is 0.394 e. The third-order valence-electron chi connectivity index (χ3n) is 1.74. The van der Waals surface area contributed by atoms with E-state index in [1.54, 1.807) is 6.92 Å². The Morgan fingerprint density at radius 2 is 2.00 bits per heavy atom. The van der Waals surface area contributed by atoms with Crippen LogP contribution in [0.4, 0.5) is 5.95 Å². The lowest BCUT2D eigenvalue weighted by Crippen LogP contribution is -2.24. The summed E-state index contributed by atoms with van der Waals surface area (Å²) in [7, 11) is 0. The molecule has 2 unspecified atom stereocenters. The number of aliphatic hydroxyl groups is 3. The summed E-state index contributed by atoms with van der Waals surface area (Å²) in [5, 5.41) is 34.3. The van der Waals surface area contributed by atoms with E-state index in [2.05, 4.69) is 15.2 Å². The second-order valence-electron chi connectivity index (χ2n) is 2.84. The van der Waals surface area contributed by atoms with Crippen molar-refractivity contribution >= 4 is 5.95 Å². The maximum absolute atomic E-state index is 9.47. The zero-order valence-corrected chi connectivity index (χ0v) is 7.62. The topological polar surface area (TPSA) is 125 Å². The van der Waals surface area contributed by atoms with Gasteiger partial charge in [0.2, 0.25) is 5.95 Å². The lowest BCUT2D eigenvalue weighted by Gasteiger charge is -2.15. The summed E-state index contributed by atoms with van der Waals surface area (Å²) in [6.07, 6.45) is -2.60. The molecule has 0 aliphatic rings. The van der Waals surface area contributed by atoms with Crippen LogP contribution in [0.5, 0.6) is 0 Å². The molecule has 2 atom stereocenters. The maximum Gasteiger partial charge on any atom is 0.240 e. The van der Waals surface area contributed by atoms with Gasteiger partial charge in [0.1, 0.15) is 17.9 Å². The highest BCUT2D eigenvalue weighted by Crippen LogP contribution is 2.16. The van der Waals surface area contributed by atoms with Crippen LogP contribution in [0.2, 0.25) is 0 Å². The van der Waals surface area contributed by atoms with Crippen LogP contribution in [0.25, 0.3) is 0 Å². The number of aliphatic hydroxyl groups excluding tert-OH is 3. The van der Waals surface area contributed by atoms with Crippen LogP contribution < -0.4 is 5.73 Å². The van der Waals surface area contributed by atoms with Gasteiger partial charge in [0.15, 0.2) is 0 Å². The van der Waals surface area contributed by atoms with Gasteiger partial charge in [-0.25, -0.2) is 4.98 Å². The molecule has 14 heavy (non-hydrogen) atoms. The molecule has 1 aromatic heterocycles. The Morgan fingerprint density at radius 3 is 2.50 bits per heavy atom. The Balaban J connectivity index is 2.95. The molecule has 0 radical (unpaired) electrons. The number of aryl methyl sites for hydroxylation is 1. The number of nitrogens with zero attached hydrogens (tertiary/aromatic N) is 3. The first kappa shape index (κ1) is 10.8. The minimum absolute atomic E-state index is 0.00283. The molecule has 0 saturated carbocycles. The van der Waals surface area contributed by atoms with E-state index < -0.39 is 18.8 Å². The summed E-state index contributed by atoms with van der Waals surface area (Å²) in [4.78, 5) is 3.76. The zero-order chi connectivity index (χ0) is 10.7. The van der Waals surface area contributed by atoms with Crippen LogP contribution in [0.1, 0.15) is 17.5 Å². The molecule has 1 aromatic rings. The predicted octanol–water partition coefficient (Wildman–Crippen LogP) is -1.85. The highest BCUT2D eigenvalue weighted by atomic mass is 16.4. The first-order valence-corrected chi connectivity index (χ1v) is 4.00. The minimum Gasteiger partial charge on any atom is -0.394 e. The van der Waals surface area contributed by atoms with Gasteiger partial charge in [-0.05, 0) is 6.92 Å². The Hall–Kier alpha value is -1.31. The quantitative estimate of drug-likeness (QED) is 0.451. The van der Waals surface area contributed by atoms with Gasteiger partial charge in [-0.3, -0.25) is 0 Å². The number of nitrogens with two attached hydrogens (primary N) is 1. The Morgan fingerprint density at radius 1 is 1.36 bits per heavy atom. The van der Waals surface area contributed by atoms with Crippen molar-refractivity contribution in [3.8, 4) is 0 Å². The van der Waals surface area contributed by atoms with E-state index in [1.807, 2.05) is 0 Å². The predicted molar refractivity (Wildman–Crippen MR) is 47.0 cm³/mol. The van der Waals surface area contributed by atoms with Crippen LogP contribution in [-0.2, 0) is 0 Å². The molecule has 1 heterocycles. The Kier molecular flexibility index (Phi) is 3.28. The van der Waals surface area contributed by atoms with Crippen LogP contribution in [0.3, 0.4) is 0 Å². The summed E-state index contributed by atoms with van der Waals surface area (Å²) in [6.45, 7) is 1.01. The van der Waals surface area contributed by atoms with E-state index >= 15 is 0 Å². The molecule has 0 spiro atoms. The lowest BCUT2D eigenvalue weighted by molar-refractivity contribution is -0.0182. The summed E-state index contributed by atoms with van der Waals surface area (Å²) >= 11 is 0. The maximum atomic E-state index is 9.47. The average molecular weight is 200 g/mol. The smallest absolute Gasteiger partial charge is 0.240 e. The molecule has 0 bridgehead atoms. The lowest BCUT2D eigenvalue weighted by atomic mass is 10.1. The third-order valence-corrected chi connectivity index (χ3v) is 1.74. The third kappa shape index (κ3) is 2.13. The van der Waals surface area contributed by atoms with Gasteiger partial charge in [-0.15, -0.1) is 10.2 Å². The van der Waals surface area contributed by atoms with Gasteiger partial charge in [0.05, 0.1) is 12.3 Å². The fourth-order valence-electron chi connectivity index (χ4n) is 0.984. The van der Waals surface area contributed by atoms with Gasteiger partial charge in [-0.2, -0.15) is 0 Å². The number of anilines is 1. The van der Waals surface area contributed by atoms with E-state index in [-0.39, 0.29) is 11.6 Å². The molecular formula is C7H12N4O3. The monoisotopic (exact) mass is 200 g/mol. The molecule has 7 heteroatoms. The normalized spacial score (nSPS) is 15.1. The summed E-state index contributed by atoms with van der Waals surface area (Å²) in [6, 6.07) is 0. The molecular weight excluding hydrogens is 188 g/mol. The first-order chi connectivity index (χ1) is 6.56. The summed E-state index contributed by atoms with van der Waals surface area (Å²) in [5.74, 6) is -0.00283. The molecule has 5 N–H and O–H groups in total. The van der Waals surface area contributed by atoms with Crippen molar-refractivity contribution in [1.29, 1.82) is 0 Å². The number of hydrogen-bond acceptors (Lipinski definition) is 7. The standard InChI is InChI=1S/C7H12N4O3/c1-3-5(6(14)4(13)2-12)10-11-7(8)9-3/h4,6,12-14H,2H2,1H3,(H2,8,9,11). The van der Waals surface area contributed by atoms with Crippen LogP contribution in [-0.4, -0.2) is 43.2 Å². The van der Waals surface area contributed by atoms with E-state index in [4.69, 9.17) is 15.9 Å². The van der Waals surface area contributed by atoms with Crippen LogP contribution in [0.15, 0.2) is 0 Å². The second-order valence-corrected chi connectivity index (χ2v) is 2.84. The molecule has 0 aromatic carbocycles. The van der Waals surface area contributed by atoms with Crippen molar-refractivity contribution < 1.29 is 15.3 Å². The number of nitrogen functional groups attached to an aromatic ring is 1. The van der Waals surface area contributed by atoms with E-state index in [9.17, 15) is 5.11 Å². The number of aromatic nitrogens is 3. The Bertz CT molecular complexity index is 320. The molecule has 1 rings (SSSR count). The first-order valence-electron chi connectivity index (χ1n) is 4.00. The second kappa shape index (κ2) is 4.27. The van der Waals surface area contributed by atoms with E-state index in [0.29, 0.717) is 5.69 Å². The van der Waals surface area contributed by atoms with E-state index in [1.165, 1.54) is 0 Å². The highest BCUT2D eigenvalue weighted by Gasteiger charge is 2.21.